The first-order valence-corrected chi connectivity index (χ1v) is 6.71. The number of likely N-dealkylation sites (N-methyl/N-ethyl adjacent to an activating group) is 1. The molecule has 4 heteroatoms. The Morgan fingerprint density at radius 3 is 2.53 bits per heavy atom. The van der Waals surface area contributed by atoms with E-state index in [9.17, 15) is 0 Å². The predicted octanol–water partition coefficient (Wildman–Crippen LogP) is 2.43. The van der Waals surface area contributed by atoms with Crippen molar-refractivity contribution in [1.82, 2.24) is 20.1 Å². The minimum atomic E-state index is 0.381. The van der Waals surface area contributed by atoms with Crippen molar-refractivity contribution in [2.24, 2.45) is 5.92 Å². The number of nitrogens with one attached hydrogen (secondary N) is 1. The number of rotatable bonds is 7. The van der Waals surface area contributed by atoms with E-state index in [-0.39, 0.29) is 0 Å². The summed E-state index contributed by atoms with van der Waals surface area (Å²) in [5.74, 6) is 1.75. The zero-order valence-electron chi connectivity index (χ0n) is 11.8. The molecule has 1 aromatic heterocycles. The van der Waals surface area contributed by atoms with Crippen molar-refractivity contribution >= 4 is 0 Å². The highest BCUT2D eigenvalue weighted by Crippen LogP contribution is 2.14. The summed E-state index contributed by atoms with van der Waals surface area (Å²) in [5.41, 5.74) is 0. The summed E-state index contributed by atoms with van der Waals surface area (Å²) in [6.45, 7) is 12.0. The van der Waals surface area contributed by atoms with Crippen molar-refractivity contribution in [3.05, 3.63) is 12.2 Å². The molecule has 0 fully saturated rings. The van der Waals surface area contributed by atoms with E-state index in [4.69, 9.17) is 0 Å². The Balaban J connectivity index is 2.74. The van der Waals surface area contributed by atoms with E-state index in [0.29, 0.717) is 18.0 Å². The first-order valence-electron chi connectivity index (χ1n) is 6.71. The molecule has 0 aliphatic carbocycles. The van der Waals surface area contributed by atoms with Crippen LogP contribution in [0.4, 0.5) is 0 Å². The molecule has 0 spiro atoms. The van der Waals surface area contributed by atoms with Crippen molar-refractivity contribution < 1.29 is 0 Å². The Labute approximate surface area is 105 Å². The second-order valence-corrected chi connectivity index (χ2v) is 4.97. The maximum absolute atomic E-state index is 4.39. The van der Waals surface area contributed by atoms with Crippen molar-refractivity contribution in [1.29, 1.82) is 0 Å². The molecule has 0 amide bonds. The Kier molecular flexibility index (Phi) is 5.62. The van der Waals surface area contributed by atoms with Crippen LogP contribution < -0.4 is 5.32 Å². The summed E-state index contributed by atoms with van der Waals surface area (Å²) >= 11 is 0. The third kappa shape index (κ3) is 3.80. The van der Waals surface area contributed by atoms with Crippen LogP contribution in [0.2, 0.25) is 0 Å². The van der Waals surface area contributed by atoms with E-state index in [1.54, 1.807) is 6.33 Å². The summed E-state index contributed by atoms with van der Waals surface area (Å²) < 4.78 is 2.02. The number of hydrogen-bond donors (Lipinski definition) is 1. The second kappa shape index (κ2) is 6.74. The zero-order valence-corrected chi connectivity index (χ0v) is 11.8. The van der Waals surface area contributed by atoms with Gasteiger partial charge in [-0.1, -0.05) is 27.2 Å². The van der Waals surface area contributed by atoms with E-state index >= 15 is 0 Å². The molecule has 2 atom stereocenters. The largest absolute Gasteiger partial charge is 0.314 e. The molecule has 0 aliphatic rings. The SMILES string of the molecule is CCNC(Cc1ncnn1C(C)C)C(C)CC. The third-order valence-electron chi connectivity index (χ3n) is 3.34. The molecule has 0 aromatic carbocycles. The Morgan fingerprint density at radius 1 is 1.29 bits per heavy atom. The number of nitrogens with zero attached hydrogens (tertiary/aromatic N) is 3. The minimum Gasteiger partial charge on any atom is -0.314 e. The van der Waals surface area contributed by atoms with Crippen LogP contribution >= 0.6 is 0 Å². The standard InChI is InChI=1S/C13H26N4/c1-6-11(5)12(14-7-2)8-13-15-9-16-17(13)10(3)4/h9-12,14H,6-8H2,1-5H3. The lowest BCUT2D eigenvalue weighted by molar-refractivity contribution is 0.356. The lowest BCUT2D eigenvalue weighted by atomic mass is 9.96. The van der Waals surface area contributed by atoms with E-state index in [1.807, 2.05) is 4.68 Å². The van der Waals surface area contributed by atoms with Gasteiger partial charge in [0.15, 0.2) is 0 Å². The molecular weight excluding hydrogens is 212 g/mol. The molecule has 0 aliphatic heterocycles. The third-order valence-corrected chi connectivity index (χ3v) is 3.34. The highest BCUT2D eigenvalue weighted by molar-refractivity contribution is 4.92. The van der Waals surface area contributed by atoms with Crippen LogP contribution in [0, 0.1) is 5.92 Å². The lowest BCUT2D eigenvalue weighted by Crippen LogP contribution is -2.37. The molecule has 98 valence electrons. The van der Waals surface area contributed by atoms with Crippen LogP contribution in [-0.2, 0) is 6.42 Å². The summed E-state index contributed by atoms with van der Waals surface area (Å²) in [4.78, 5) is 4.39. The van der Waals surface area contributed by atoms with E-state index in [2.05, 4.69) is 50.0 Å². The fraction of sp³-hybridized carbons (Fsp3) is 0.846. The molecule has 0 bridgehead atoms. The van der Waals surface area contributed by atoms with Crippen molar-refractivity contribution in [2.45, 2.75) is 59.5 Å². The van der Waals surface area contributed by atoms with Crippen molar-refractivity contribution in [2.75, 3.05) is 6.54 Å². The second-order valence-electron chi connectivity index (χ2n) is 4.97. The Hall–Kier alpha value is -0.900. The summed E-state index contributed by atoms with van der Waals surface area (Å²) in [7, 11) is 0. The fourth-order valence-corrected chi connectivity index (χ4v) is 2.07. The van der Waals surface area contributed by atoms with E-state index in [0.717, 1.165) is 18.8 Å². The number of aromatic nitrogens is 3. The minimum absolute atomic E-state index is 0.381. The van der Waals surface area contributed by atoms with Gasteiger partial charge in [-0.25, -0.2) is 9.67 Å². The average molecular weight is 238 g/mol. The normalized spacial score (nSPS) is 15.2. The van der Waals surface area contributed by atoms with Gasteiger partial charge >= 0.3 is 0 Å². The number of hydrogen-bond acceptors (Lipinski definition) is 3. The molecule has 0 radical (unpaired) electrons. The van der Waals surface area contributed by atoms with E-state index in [1.165, 1.54) is 6.42 Å². The zero-order chi connectivity index (χ0) is 12.8. The molecule has 2 unspecified atom stereocenters. The molecule has 1 N–H and O–H groups in total. The highest BCUT2D eigenvalue weighted by atomic mass is 15.3. The maximum atomic E-state index is 4.39. The molecule has 0 saturated carbocycles. The molecule has 4 nitrogen and oxygen atoms in total. The molecule has 0 saturated heterocycles. The molecule has 1 heterocycles. The van der Waals surface area contributed by atoms with Gasteiger partial charge in [0.1, 0.15) is 12.2 Å². The van der Waals surface area contributed by atoms with Gasteiger partial charge in [-0.3, -0.25) is 0 Å². The van der Waals surface area contributed by atoms with Gasteiger partial charge in [0.2, 0.25) is 0 Å². The summed E-state index contributed by atoms with van der Waals surface area (Å²) in [6.07, 6.45) is 3.81. The smallest absolute Gasteiger partial charge is 0.138 e. The average Bonchev–Trinajstić information content (AvgIpc) is 2.75. The monoisotopic (exact) mass is 238 g/mol. The van der Waals surface area contributed by atoms with Gasteiger partial charge in [-0.05, 0) is 26.3 Å². The topological polar surface area (TPSA) is 42.7 Å². The van der Waals surface area contributed by atoms with Gasteiger partial charge in [-0.2, -0.15) is 5.10 Å². The van der Waals surface area contributed by atoms with Gasteiger partial charge < -0.3 is 5.32 Å². The predicted molar refractivity (Wildman–Crippen MR) is 71.0 cm³/mol. The molecule has 1 aromatic rings. The van der Waals surface area contributed by atoms with Crippen molar-refractivity contribution in [3.63, 3.8) is 0 Å². The van der Waals surface area contributed by atoms with Crippen LogP contribution in [0.25, 0.3) is 0 Å². The molecule has 1 rings (SSSR count). The first-order chi connectivity index (χ1) is 8.10. The van der Waals surface area contributed by atoms with Crippen molar-refractivity contribution in [3.8, 4) is 0 Å². The van der Waals surface area contributed by atoms with Crippen LogP contribution in [-0.4, -0.2) is 27.4 Å². The summed E-state index contributed by atoms with van der Waals surface area (Å²) in [5, 5.41) is 7.85. The van der Waals surface area contributed by atoms with Gasteiger partial charge in [0, 0.05) is 18.5 Å². The highest BCUT2D eigenvalue weighted by Gasteiger charge is 2.18. The van der Waals surface area contributed by atoms with E-state index < -0.39 is 0 Å². The lowest BCUT2D eigenvalue weighted by Gasteiger charge is -2.24. The molecule has 17 heavy (non-hydrogen) atoms. The Bertz CT molecular complexity index is 319. The molecular formula is C13H26N4. The van der Waals surface area contributed by atoms with Crippen LogP contribution in [0.5, 0.6) is 0 Å². The van der Waals surface area contributed by atoms with Gasteiger partial charge in [0.25, 0.3) is 0 Å². The van der Waals surface area contributed by atoms with Crippen LogP contribution in [0.1, 0.15) is 52.9 Å². The fourth-order valence-electron chi connectivity index (χ4n) is 2.07. The van der Waals surface area contributed by atoms with Crippen LogP contribution in [0.15, 0.2) is 6.33 Å². The maximum Gasteiger partial charge on any atom is 0.138 e. The first kappa shape index (κ1) is 14.2. The van der Waals surface area contributed by atoms with Crippen LogP contribution in [0.3, 0.4) is 0 Å². The van der Waals surface area contributed by atoms with Gasteiger partial charge in [0.05, 0.1) is 0 Å². The van der Waals surface area contributed by atoms with Gasteiger partial charge in [-0.15, -0.1) is 0 Å². The summed E-state index contributed by atoms with van der Waals surface area (Å²) in [6, 6.07) is 0.874. The quantitative estimate of drug-likeness (QED) is 0.793. The Morgan fingerprint density at radius 2 is 2.00 bits per heavy atom.